The number of likely N-dealkylation sites (N-methyl/N-ethyl adjacent to an activating group) is 1. The number of aliphatic carboxylic acids is 1. The minimum atomic E-state index is -1.53. The smallest absolute Gasteiger partial charge is 0.361 e. The number of esters is 2. The quantitative estimate of drug-likeness (QED) is 0.0211. The third-order valence-corrected chi connectivity index (χ3v) is 14.8. The molecule has 0 bridgehead atoms. The highest BCUT2D eigenvalue weighted by molar-refractivity contribution is 5.71. The summed E-state index contributed by atoms with van der Waals surface area (Å²) in [4.78, 5) is 37.7. The number of rotatable bonds is 65. The van der Waals surface area contributed by atoms with E-state index in [0.717, 1.165) is 161 Å². The minimum absolute atomic E-state index is 0.174. The van der Waals surface area contributed by atoms with Gasteiger partial charge in [0.15, 0.2) is 6.10 Å². The maximum Gasteiger partial charge on any atom is 0.361 e. The van der Waals surface area contributed by atoms with E-state index in [4.69, 9.17) is 18.9 Å². The van der Waals surface area contributed by atoms with E-state index in [9.17, 15) is 19.5 Å². The molecule has 0 rings (SSSR count). The molecule has 0 spiro atoms. The molecule has 1 N–H and O–H groups in total. The maximum absolute atomic E-state index is 13.0. The number of hydrogen-bond acceptors (Lipinski definition) is 7. The van der Waals surface area contributed by atoms with Crippen LogP contribution in [0.3, 0.4) is 0 Å². The van der Waals surface area contributed by atoms with Crippen molar-refractivity contribution < 1.29 is 42.9 Å². The second kappa shape index (κ2) is 72.0. The van der Waals surface area contributed by atoms with Crippen LogP contribution in [-0.2, 0) is 33.3 Å². The predicted octanol–water partition coefficient (Wildman–Crippen LogP) is 23.4. The molecule has 522 valence electrons. The van der Waals surface area contributed by atoms with Gasteiger partial charge in [-0.25, -0.2) is 4.79 Å². The fraction of sp³-hybridized carbons (Fsp3) is 0.583. The molecule has 0 aliphatic rings. The SMILES string of the molecule is CC/C=C\C/C=C\C/C=C\C/C=C\C/C=C\C/C=C\C/C=C\C/C=C\C/C=C\CCCCCCCCCC(=O)OC(COC(=O)CCCCCCCCCCCCC/C=C\C/C=C\C/C=C\C/C=C\C/C=C\C/C=C\C/C=C\CC)COC(OCC[N+](C)(C)C)C(=O)O. The van der Waals surface area contributed by atoms with Crippen molar-refractivity contribution in [3.63, 3.8) is 0 Å². The lowest BCUT2D eigenvalue weighted by Crippen LogP contribution is -2.40. The molecule has 0 aliphatic carbocycles. The van der Waals surface area contributed by atoms with Gasteiger partial charge in [0, 0.05) is 12.8 Å². The maximum atomic E-state index is 13.0. The molecule has 0 aromatic rings. The van der Waals surface area contributed by atoms with Crippen molar-refractivity contribution >= 4 is 17.9 Å². The van der Waals surface area contributed by atoms with Crippen LogP contribution in [0, 0.1) is 0 Å². The van der Waals surface area contributed by atoms with E-state index in [0.29, 0.717) is 17.4 Å². The first-order valence-electron chi connectivity index (χ1n) is 36.6. The summed E-state index contributed by atoms with van der Waals surface area (Å²) in [5.41, 5.74) is 0. The Kier molecular flexibility index (Phi) is 67.4. The van der Waals surface area contributed by atoms with Gasteiger partial charge < -0.3 is 28.5 Å². The van der Waals surface area contributed by atoms with Crippen molar-refractivity contribution in [3.8, 4) is 0 Å². The summed E-state index contributed by atoms with van der Waals surface area (Å²) in [5.74, 6) is -2.04. The Balaban J connectivity index is 4.21. The normalized spacial score (nSPS) is 13.9. The van der Waals surface area contributed by atoms with Crippen LogP contribution in [0.25, 0.3) is 0 Å². The summed E-state index contributed by atoms with van der Waals surface area (Å²) in [5, 5.41) is 9.76. The summed E-state index contributed by atoms with van der Waals surface area (Å²) >= 11 is 0. The number of carboxylic acid groups (broad SMARTS) is 1. The van der Waals surface area contributed by atoms with Gasteiger partial charge in [0.2, 0.25) is 0 Å². The molecule has 2 atom stereocenters. The molecule has 0 radical (unpaired) electrons. The van der Waals surface area contributed by atoms with Gasteiger partial charge in [-0.05, 0) is 141 Å². The van der Waals surface area contributed by atoms with E-state index < -0.39 is 24.3 Å². The highest BCUT2D eigenvalue weighted by atomic mass is 16.7. The van der Waals surface area contributed by atoms with Crippen molar-refractivity contribution in [2.45, 2.75) is 270 Å². The highest BCUT2D eigenvalue weighted by Crippen LogP contribution is 2.15. The number of carbonyl (C=O) groups is 3. The summed E-state index contributed by atoms with van der Waals surface area (Å²) < 4.78 is 23.0. The Hall–Kier alpha value is -5.87. The van der Waals surface area contributed by atoms with Crippen LogP contribution in [0.1, 0.15) is 258 Å². The number of quaternary nitrogens is 1. The molecule has 0 saturated heterocycles. The van der Waals surface area contributed by atoms with Crippen LogP contribution in [0.15, 0.2) is 194 Å². The molecule has 0 fully saturated rings. The van der Waals surface area contributed by atoms with E-state index >= 15 is 0 Å². The zero-order valence-corrected chi connectivity index (χ0v) is 59.6. The first-order valence-corrected chi connectivity index (χ1v) is 36.6. The number of ether oxygens (including phenoxy) is 4. The third kappa shape index (κ3) is 73.4. The monoisotopic (exact) mass is 1290 g/mol. The molecule has 0 heterocycles. The van der Waals surface area contributed by atoms with Gasteiger partial charge in [0.05, 0.1) is 34.4 Å². The average Bonchev–Trinajstić information content (AvgIpc) is 3.74. The van der Waals surface area contributed by atoms with Crippen molar-refractivity contribution in [1.82, 2.24) is 0 Å². The number of unbranched alkanes of at least 4 members (excludes halogenated alkanes) is 18. The van der Waals surface area contributed by atoms with Gasteiger partial charge in [-0.15, -0.1) is 0 Å². The Morgan fingerprint density at radius 1 is 0.323 bits per heavy atom. The molecule has 0 aromatic carbocycles. The summed E-state index contributed by atoms with van der Waals surface area (Å²) in [7, 11) is 5.96. The predicted molar refractivity (Wildman–Crippen MR) is 400 cm³/mol. The van der Waals surface area contributed by atoms with E-state index in [-0.39, 0.29) is 38.6 Å². The fourth-order valence-electron chi connectivity index (χ4n) is 9.34. The summed E-state index contributed by atoms with van der Waals surface area (Å²) in [6, 6.07) is 0. The molecule has 2 unspecified atom stereocenters. The van der Waals surface area contributed by atoms with Crippen LogP contribution in [-0.4, -0.2) is 87.4 Å². The Morgan fingerprint density at radius 3 is 0.860 bits per heavy atom. The Bertz CT molecular complexity index is 2230. The zero-order chi connectivity index (χ0) is 67.5. The molecule has 0 amide bonds. The lowest BCUT2D eigenvalue weighted by atomic mass is 10.0. The van der Waals surface area contributed by atoms with Gasteiger partial charge in [0.25, 0.3) is 6.29 Å². The lowest BCUT2D eigenvalue weighted by Gasteiger charge is -2.25. The molecule has 93 heavy (non-hydrogen) atoms. The van der Waals surface area contributed by atoms with Gasteiger partial charge in [-0.3, -0.25) is 9.59 Å². The zero-order valence-electron chi connectivity index (χ0n) is 59.6. The Morgan fingerprint density at radius 2 is 0.581 bits per heavy atom. The molecule has 9 nitrogen and oxygen atoms in total. The van der Waals surface area contributed by atoms with Crippen LogP contribution < -0.4 is 0 Å². The second-order valence-corrected chi connectivity index (χ2v) is 24.8. The van der Waals surface area contributed by atoms with E-state index in [1.165, 1.54) is 64.2 Å². The molecule has 0 saturated carbocycles. The van der Waals surface area contributed by atoms with Crippen molar-refractivity contribution in [3.05, 3.63) is 194 Å². The molecule has 0 aliphatic heterocycles. The first-order chi connectivity index (χ1) is 45.6. The lowest BCUT2D eigenvalue weighted by molar-refractivity contribution is -0.870. The first kappa shape index (κ1) is 87.1. The van der Waals surface area contributed by atoms with E-state index in [1.54, 1.807) is 0 Å². The van der Waals surface area contributed by atoms with Gasteiger partial charge in [-0.1, -0.05) is 298 Å². The van der Waals surface area contributed by atoms with Crippen LogP contribution in [0.2, 0.25) is 0 Å². The van der Waals surface area contributed by atoms with E-state index in [2.05, 4.69) is 208 Å². The van der Waals surface area contributed by atoms with Crippen molar-refractivity contribution in [1.29, 1.82) is 0 Å². The fourth-order valence-corrected chi connectivity index (χ4v) is 9.34. The molecule has 0 aromatic heterocycles. The number of allylic oxidation sites excluding steroid dienone is 32. The third-order valence-electron chi connectivity index (χ3n) is 14.8. The second-order valence-electron chi connectivity index (χ2n) is 24.8. The summed E-state index contributed by atoms with van der Waals surface area (Å²) in [6.07, 6.45) is 108. The Labute approximate surface area is 570 Å². The topological polar surface area (TPSA) is 108 Å². The van der Waals surface area contributed by atoms with E-state index in [1.807, 2.05) is 21.1 Å². The van der Waals surface area contributed by atoms with Gasteiger partial charge in [0.1, 0.15) is 13.2 Å². The van der Waals surface area contributed by atoms with Gasteiger partial charge >= 0.3 is 17.9 Å². The number of hydrogen-bond donors (Lipinski definition) is 1. The van der Waals surface area contributed by atoms with Crippen LogP contribution in [0.4, 0.5) is 0 Å². The van der Waals surface area contributed by atoms with Crippen LogP contribution >= 0.6 is 0 Å². The number of carboxylic acids is 1. The number of nitrogens with zero attached hydrogens (tertiary/aromatic N) is 1. The average molecular weight is 1290 g/mol. The van der Waals surface area contributed by atoms with Crippen LogP contribution in [0.5, 0.6) is 0 Å². The number of carbonyl (C=O) groups excluding carboxylic acids is 2. The minimum Gasteiger partial charge on any atom is -0.477 e. The standard InChI is InChI=1S/C84H133NO8/c1-6-8-10-12-14-16-18-20-22-24-26-28-30-32-34-36-38-40-41-43-45-47-49-51-53-55-57-59-61-63-65-67-69-71-73-75-82(87)93-80(79-92-84(83(88)89)90-77-76-85(3,4)5)78-91-81(86)74-72-70-68-66-64-62-60-58-56-54-52-50-48-46-44-42-39-37-35-33-31-29-27-25-23-21-19-17-15-13-11-9-7-2/h8-11,14-17,20-23,26-29,32-35,38-40,42-43,45-46,48-49,51,55,57,80,84H,6-7,12-13,18-19,24-25,30-31,36-37,41,44,47,50,52-54,56,58-79H2,1-5H3/p+1/b10-8-,11-9-,16-14-,17-15-,22-20-,23-21-,28-26-,29-27-,34-32-,35-33-,40-38-,42-39-,45-43-,48-46-,51-49-,57-55-. The molecular weight excluding hydrogens is 1150 g/mol. The van der Waals surface area contributed by atoms with Crippen molar-refractivity contribution in [2.24, 2.45) is 0 Å². The molecular formula is C84H134NO8+. The highest BCUT2D eigenvalue weighted by Gasteiger charge is 2.25. The summed E-state index contributed by atoms with van der Waals surface area (Å²) in [6.45, 7) is 4.61. The van der Waals surface area contributed by atoms with Crippen molar-refractivity contribution in [2.75, 3.05) is 47.5 Å². The van der Waals surface area contributed by atoms with Gasteiger partial charge in [-0.2, -0.15) is 0 Å². The largest absolute Gasteiger partial charge is 0.477 e. The molecule has 9 heteroatoms.